The lowest BCUT2D eigenvalue weighted by Gasteiger charge is -2.13. The Morgan fingerprint density at radius 3 is 1.84 bits per heavy atom. The monoisotopic (exact) mass is 526 g/mol. The second-order valence-electron chi connectivity index (χ2n) is 8.44. The van der Waals surface area contributed by atoms with Gasteiger partial charge in [-0.25, -0.2) is 0 Å². The van der Waals surface area contributed by atoms with Gasteiger partial charge in [0.2, 0.25) is 0 Å². The van der Waals surface area contributed by atoms with E-state index in [-0.39, 0.29) is 5.57 Å². The summed E-state index contributed by atoms with van der Waals surface area (Å²) in [6, 6.07) is 15.6. The summed E-state index contributed by atoms with van der Waals surface area (Å²) in [5.74, 6) is -0.426. The molecular formula is C29H20F6N2O. The third kappa shape index (κ3) is 6.11. The zero-order chi connectivity index (χ0) is 27.5. The summed E-state index contributed by atoms with van der Waals surface area (Å²) in [5.41, 5.74) is 0.141. The number of nitrogens with one attached hydrogen (secondary N) is 1. The Morgan fingerprint density at radius 2 is 1.32 bits per heavy atom. The number of aromatic nitrogens is 1. The second-order valence-corrected chi connectivity index (χ2v) is 8.44. The van der Waals surface area contributed by atoms with E-state index in [0.29, 0.717) is 22.4 Å². The van der Waals surface area contributed by atoms with Gasteiger partial charge in [-0.15, -0.1) is 0 Å². The number of carbonyl (C=O) groups excluding carboxylic acids is 1. The Morgan fingerprint density at radius 1 is 0.763 bits per heavy atom. The molecule has 3 nitrogen and oxygen atoms in total. The zero-order valence-corrected chi connectivity index (χ0v) is 19.9. The van der Waals surface area contributed by atoms with Crippen LogP contribution >= 0.6 is 0 Å². The minimum absolute atomic E-state index is 0.271. The number of hydrogen-bond donors (Lipinski definition) is 1. The van der Waals surface area contributed by atoms with Gasteiger partial charge in [0.05, 0.1) is 11.1 Å². The lowest BCUT2D eigenvalue weighted by Crippen LogP contribution is -2.12. The quantitative estimate of drug-likeness (QED) is 0.162. The molecule has 0 saturated carbocycles. The molecule has 0 radical (unpaired) electrons. The standard InChI is InChI=1S/C29H20F6N2O/c1-18(27(38)37-26-4-2-3-21-17-36-16-15-25(21)26)5-14-24(19-6-10-22(11-7-19)28(30,31)32)20-8-12-23(13-9-20)29(33,34)35/h2-17H,1H3,(H,37,38). The highest BCUT2D eigenvalue weighted by Gasteiger charge is 2.31. The summed E-state index contributed by atoms with van der Waals surface area (Å²) in [4.78, 5) is 16.9. The lowest BCUT2D eigenvalue weighted by molar-refractivity contribution is -0.138. The van der Waals surface area contributed by atoms with Crippen LogP contribution < -0.4 is 5.32 Å². The average molecular weight is 526 g/mol. The first-order valence-electron chi connectivity index (χ1n) is 11.3. The van der Waals surface area contributed by atoms with E-state index in [2.05, 4.69) is 10.3 Å². The molecule has 0 bridgehead atoms. The molecule has 1 heterocycles. The molecule has 38 heavy (non-hydrogen) atoms. The van der Waals surface area contributed by atoms with E-state index in [0.717, 1.165) is 35.0 Å². The molecule has 0 aliphatic carbocycles. The van der Waals surface area contributed by atoms with Gasteiger partial charge in [0.1, 0.15) is 0 Å². The summed E-state index contributed by atoms with van der Waals surface area (Å²) in [5, 5.41) is 4.44. The van der Waals surface area contributed by atoms with Crippen LogP contribution in [0.25, 0.3) is 16.3 Å². The largest absolute Gasteiger partial charge is 0.416 e. The van der Waals surface area contributed by atoms with Crippen molar-refractivity contribution >= 4 is 27.9 Å². The molecule has 3 aromatic carbocycles. The molecule has 1 amide bonds. The van der Waals surface area contributed by atoms with E-state index in [4.69, 9.17) is 0 Å². The highest BCUT2D eigenvalue weighted by molar-refractivity contribution is 6.08. The van der Waals surface area contributed by atoms with Crippen LogP contribution in [0.1, 0.15) is 29.2 Å². The summed E-state index contributed by atoms with van der Waals surface area (Å²) in [6.07, 6.45) is -2.85. The SMILES string of the molecule is CC(=CC=C(c1ccc(C(F)(F)F)cc1)c1ccc(C(F)(F)F)cc1)C(=O)Nc1cccc2cnccc12. The van der Waals surface area contributed by atoms with Gasteiger partial charge in [-0.1, -0.05) is 48.6 Å². The molecule has 194 valence electrons. The highest BCUT2D eigenvalue weighted by Crippen LogP contribution is 2.34. The fourth-order valence-corrected chi connectivity index (χ4v) is 3.77. The van der Waals surface area contributed by atoms with Crippen molar-refractivity contribution in [3.63, 3.8) is 0 Å². The van der Waals surface area contributed by atoms with Gasteiger partial charge in [-0.05, 0) is 60.0 Å². The van der Waals surface area contributed by atoms with Crippen LogP contribution in [0.4, 0.5) is 32.0 Å². The minimum Gasteiger partial charge on any atom is -0.322 e. The van der Waals surface area contributed by atoms with Crippen LogP contribution in [0.15, 0.2) is 103 Å². The summed E-state index contributed by atoms with van der Waals surface area (Å²) < 4.78 is 78.2. The van der Waals surface area contributed by atoms with E-state index in [1.54, 1.807) is 37.5 Å². The highest BCUT2D eigenvalue weighted by atomic mass is 19.4. The number of benzene rings is 3. The first-order valence-corrected chi connectivity index (χ1v) is 11.3. The van der Waals surface area contributed by atoms with Crippen molar-refractivity contribution in [2.45, 2.75) is 19.3 Å². The molecule has 0 saturated heterocycles. The number of anilines is 1. The zero-order valence-electron chi connectivity index (χ0n) is 19.9. The predicted octanol–water partition coefficient (Wildman–Crippen LogP) is 8.29. The number of amides is 1. The predicted molar refractivity (Wildman–Crippen MR) is 134 cm³/mol. The maximum atomic E-state index is 13.0. The van der Waals surface area contributed by atoms with Gasteiger partial charge >= 0.3 is 12.4 Å². The molecule has 9 heteroatoms. The number of allylic oxidation sites excluding steroid dienone is 2. The molecular weight excluding hydrogens is 506 g/mol. The number of fused-ring (bicyclic) bond motifs is 1. The van der Waals surface area contributed by atoms with Crippen molar-refractivity contribution in [3.8, 4) is 0 Å². The Kier molecular flexibility index (Phi) is 7.39. The van der Waals surface area contributed by atoms with Crippen molar-refractivity contribution in [3.05, 3.63) is 125 Å². The Balaban J connectivity index is 1.68. The van der Waals surface area contributed by atoms with Gasteiger partial charge in [-0.2, -0.15) is 26.3 Å². The van der Waals surface area contributed by atoms with Crippen molar-refractivity contribution in [1.29, 1.82) is 0 Å². The van der Waals surface area contributed by atoms with Crippen LogP contribution in [-0.4, -0.2) is 10.9 Å². The Hall–Kier alpha value is -4.40. The molecule has 1 aromatic heterocycles. The van der Waals surface area contributed by atoms with Gasteiger partial charge in [0.25, 0.3) is 5.91 Å². The Bertz CT molecular complexity index is 1450. The molecule has 4 rings (SSSR count). The number of nitrogens with zero attached hydrogens (tertiary/aromatic N) is 1. The summed E-state index contributed by atoms with van der Waals surface area (Å²) in [6.45, 7) is 1.55. The van der Waals surface area contributed by atoms with Crippen LogP contribution in [-0.2, 0) is 17.1 Å². The van der Waals surface area contributed by atoms with E-state index >= 15 is 0 Å². The van der Waals surface area contributed by atoms with Crippen LogP contribution in [0, 0.1) is 0 Å². The van der Waals surface area contributed by atoms with Gasteiger partial charge in [0, 0.05) is 34.4 Å². The third-order valence-electron chi connectivity index (χ3n) is 5.83. The molecule has 0 unspecified atom stereocenters. The number of hydrogen-bond acceptors (Lipinski definition) is 2. The second kappa shape index (κ2) is 10.5. The van der Waals surface area contributed by atoms with Gasteiger partial charge in [-0.3, -0.25) is 9.78 Å². The van der Waals surface area contributed by atoms with Crippen molar-refractivity contribution in [1.82, 2.24) is 4.98 Å². The summed E-state index contributed by atoms with van der Waals surface area (Å²) in [7, 11) is 0. The van der Waals surface area contributed by atoms with E-state index in [1.807, 2.05) is 6.07 Å². The van der Waals surface area contributed by atoms with E-state index in [9.17, 15) is 31.1 Å². The molecule has 0 fully saturated rings. The number of rotatable bonds is 5. The topological polar surface area (TPSA) is 42.0 Å². The molecule has 1 N–H and O–H groups in total. The maximum absolute atomic E-state index is 13.0. The number of pyridine rings is 1. The normalized spacial score (nSPS) is 12.3. The fourth-order valence-electron chi connectivity index (χ4n) is 3.77. The van der Waals surface area contributed by atoms with E-state index < -0.39 is 29.4 Å². The molecule has 0 aliphatic heterocycles. The molecule has 4 aromatic rings. The van der Waals surface area contributed by atoms with Crippen molar-refractivity contribution in [2.75, 3.05) is 5.32 Å². The summed E-state index contributed by atoms with van der Waals surface area (Å²) >= 11 is 0. The molecule has 0 aliphatic rings. The number of carbonyl (C=O) groups is 1. The molecule has 0 atom stereocenters. The molecule has 0 spiro atoms. The minimum atomic E-state index is -4.54. The lowest BCUT2D eigenvalue weighted by atomic mass is 9.95. The maximum Gasteiger partial charge on any atom is 0.416 e. The number of halogens is 6. The fraction of sp³-hybridized carbons (Fsp3) is 0.103. The average Bonchev–Trinajstić information content (AvgIpc) is 2.88. The van der Waals surface area contributed by atoms with Crippen LogP contribution in [0.2, 0.25) is 0 Å². The van der Waals surface area contributed by atoms with E-state index in [1.165, 1.54) is 36.4 Å². The Labute approximate surface area is 214 Å². The third-order valence-corrected chi connectivity index (χ3v) is 5.83. The van der Waals surface area contributed by atoms with Crippen LogP contribution in [0.5, 0.6) is 0 Å². The van der Waals surface area contributed by atoms with Crippen molar-refractivity contribution in [2.24, 2.45) is 0 Å². The number of alkyl halides is 6. The van der Waals surface area contributed by atoms with Crippen molar-refractivity contribution < 1.29 is 31.1 Å². The van der Waals surface area contributed by atoms with Crippen LogP contribution in [0.3, 0.4) is 0 Å². The van der Waals surface area contributed by atoms with Gasteiger partial charge < -0.3 is 5.32 Å². The van der Waals surface area contributed by atoms with Gasteiger partial charge in [0.15, 0.2) is 0 Å². The first-order chi connectivity index (χ1) is 17.9. The smallest absolute Gasteiger partial charge is 0.322 e. The first kappa shape index (κ1) is 26.7.